The zero-order valence-corrected chi connectivity index (χ0v) is 10.7. The average Bonchev–Trinajstić information content (AvgIpc) is 2.36. The molecule has 0 bridgehead atoms. The molecular weight excluding hydrogens is 226 g/mol. The van der Waals surface area contributed by atoms with Crippen molar-refractivity contribution in [2.45, 2.75) is 33.1 Å². The molecule has 1 heterocycles. The molecule has 0 atom stereocenters. The smallest absolute Gasteiger partial charge is 0.337 e. The van der Waals surface area contributed by atoms with E-state index in [2.05, 4.69) is 11.9 Å². The Morgan fingerprint density at radius 1 is 1.33 bits per heavy atom. The number of hydrogen-bond acceptors (Lipinski definition) is 2. The quantitative estimate of drug-likeness (QED) is 0.892. The molecule has 1 aromatic carbocycles. The van der Waals surface area contributed by atoms with E-state index in [-0.39, 0.29) is 0 Å². The fourth-order valence-electron chi connectivity index (χ4n) is 2.25. The summed E-state index contributed by atoms with van der Waals surface area (Å²) in [5.41, 5.74) is 2.79. The van der Waals surface area contributed by atoms with E-state index in [1.165, 1.54) is 0 Å². The van der Waals surface area contributed by atoms with Crippen molar-refractivity contribution in [2.75, 3.05) is 0 Å². The van der Waals surface area contributed by atoms with Crippen LogP contribution in [0.2, 0.25) is 0 Å². The van der Waals surface area contributed by atoms with E-state index in [1.807, 2.05) is 31.2 Å². The van der Waals surface area contributed by atoms with Gasteiger partial charge in [0.05, 0.1) is 16.8 Å². The third-order valence-corrected chi connectivity index (χ3v) is 3.21. The van der Waals surface area contributed by atoms with E-state index in [0.717, 1.165) is 35.7 Å². The molecule has 94 valence electrons. The first-order chi connectivity index (χ1) is 8.65. The molecule has 2 aromatic rings. The van der Waals surface area contributed by atoms with Crippen molar-refractivity contribution >= 4 is 16.9 Å². The van der Waals surface area contributed by atoms with Crippen LogP contribution in [0.3, 0.4) is 0 Å². The number of carboxylic acid groups (broad SMARTS) is 1. The first-order valence-corrected chi connectivity index (χ1v) is 6.26. The fraction of sp³-hybridized carbons (Fsp3) is 0.333. The van der Waals surface area contributed by atoms with E-state index in [9.17, 15) is 9.90 Å². The highest BCUT2D eigenvalue weighted by molar-refractivity contribution is 5.97. The summed E-state index contributed by atoms with van der Waals surface area (Å²) >= 11 is 0. The van der Waals surface area contributed by atoms with Gasteiger partial charge in [-0.25, -0.2) is 4.79 Å². The summed E-state index contributed by atoms with van der Waals surface area (Å²) in [6.45, 7) is 3.96. The minimum absolute atomic E-state index is 0.377. The molecule has 0 radical (unpaired) electrons. The number of hydrogen-bond donors (Lipinski definition) is 1. The minimum atomic E-state index is -0.878. The number of aryl methyl sites for hydroxylation is 2. The maximum atomic E-state index is 11.4. The van der Waals surface area contributed by atoms with Crippen molar-refractivity contribution < 1.29 is 9.90 Å². The maximum absolute atomic E-state index is 11.4. The number of rotatable bonds is 4. The van der Waals surface area contributed by atoms with Gasteiger partial charge in [-0.05, 0) is 31.4 Å². The van der Waals surface area contributed by atoms with Crippen LogP contribution in [0, 0.1) is 6.92 Å². The van der Waals surface area contributed by atoms with Crippen LogP contribution in [0.25, 0.3) is 10.9 Å². The third-order valence-electron chi connectivity index (χ3n) is 3.21. The van der Waals surface area contributed by atoms with E-state index >= 15 is 0 Å². The van der Waals surface area contributed by atoms with Gasteiger partial charge in [-0.2, -0.15) is 0 Å². The van der Waals surface area contributed by atoms with Crippen LogP contribution in [0.4, 0.5) is 0 Å². The molecule has 1 aromatic heterocycles. The molecule has 3 heteroatoms. The average molecular weight is 243 g/mol. The second-order valence-corrected chi connectivity index (χ2v) is 4.48. The van der Waals surface area contributed by atoms with Gasteiger partial charge >= 0.3 is 5.97 Å². The molecule has 0 spiro atoms. The summed E-state index contributed by atoms with van der Waals surface area (Å²) in [6.07, 6.45) is 2.72. The lowest BCUT2D eigenvalue weighted by molar-refractivity contribution is 0.0694. The molecule has 0 fully saturated rings. The normalized spacial score (nSPS) is 10.8. The Labute approximate surface area is 106 Å². The third kappa shape index (κ3) is 2.21. The van der Waals surface area contributed by atoms with Crippen LogP contribution in [-0.2, 0) is 6.42 Å². The van der Waals surface area contributed by atoms with Crippen LogP contribution in [0.5, 0.6) is 0 Å². The molecule has 18 heavy (non-hydrogen) atoms. The molecule has 0 aliphatic rings. The van der Waals surface area contributed by atoms with E-state index in [4.69, 9.17) is 0 Å². The standard InChI is InChI=1S/C15H17NO2/c1-3-4-8-13-14(15(17)18)10(2)11-7-5-6-9-12(11)16-13/h5-7,9H,3-4,8H2,1-2H3,(H,17,18). The van der Waals surface area contributed by atoms with Gasteiger partial charge in [0.25, 0.3) is 0 Å². The van der Waals surface area contributed by atoms with Crippen molar-refractivity contribution in [3.8, 4) is 0 Å². The summed E-state index contributed by atoms with van der Waals surface area (Å²) in [5.74, 6) is -0.878. The lowest BCUT2D eigenvalue weighted by Gasteiger charge is -2.11. The number of unbranched alkanes of at least 4 members (excludes halogenated alkanes) is 1. The van der Waals surface area contributed by atoms with Crippen LogP contribution >= 0.6 is 0 Å². The SMILES string of the molecule is CCCCc1nc2ccccc2c(C)c1C(=O)O. The highest BCUT2D eigenvalue weighted by Gasteiger charge is 2.17. The maximum Gasteiger partial charge on any atom is 0.337 e. The topological polar surface area (TPSA) is 50.2 Å². The Balaban J connectivity index is 2.67. The Bertz CT molecular complexity index is 590. The zero-order valence-electron chi connectivity index (χ0n) is 10.7. The molecule has 0 aliphatic heterocycles. The fourth-order valence-corrected chi connectivity index (χ4v) is 2.25. The summed E-state index contributed by atoms with van der Waals surface area (Å²) in [7, 11) is 0. The zero-order chi connectivity index (χ0) is 13.1. The van der Waals surface area contributed by atoms with Crippen LogP contribution < -0.4 is 0 Å². The number of nitrogens with zero attached hydrogens (tertiary/aromatic N) is 1. The first-order valence-electron chi connectivity index (χ1n) is 6.26. The van der Waals surface area contributed by atoms with E-state index < -0.39 is 5.97 Å². The van der Waals surface area contributed by atoms with Gasteiger partial charge in [0.1, 0.15) is 0 Å². The Hall–Kier alpha value is -1.90. The predicted octanol–water partition coefficient (Wildman–Crippen LogP) is 3.58. The van der Waals surface area contributed by atoms with Crippen molar-refractivity contribution in [1.29, 1.82) is 0 Å². The predicted molar refractivity (Wildman–Crippen MR) is 72.1 cm³/mol. The van der Waals surface area contributed by atoms with Gasteiger partial charge in [0, 0.05) is 5.39 Å². The molecule has 3 nitrogen and oxygen atoms in total. The number of pyridine rings is 1. The van der Waals surface area contributed by atoms with E-state index in [0.29, 0.717) is 11.3 Å². The van der Waals surface area contributed by atoms with Crippen LogP contribution in [0.15, 0.2) is 24.3 Å². The van der Waals surface area contributed by atoms with Gasteiger partial charge in [0.15, 0.2) is 0 Å². The van der Waals surface area contributed by atoms with Crippen molar-refractivity contribution in [2.24, 2.45) is 0 Å². The summed E-state index contributed by atoms with van der Waals surface area (Å²) in [4.78, 5) is 15.9. The Morgan fingerprint density at radius 3 is 2.72 bits per heavy atom. The lowest BCUT2D eigenvalue weighted by atomic mass is 9.99. The molecule has 2 rings (SSSR count). The summed E-state index contributed by atoms with van der Waals surface area (Å²) < 4.78 is 0. The van der Waals surface area contributed by atoms with E-state index in [1.54, 1.807) is 0 Å². The molecule has 0 aliphatic carbocycles. The molecule has 1 N–H and O–H groups in total. The number of aromatic carboxylic acids is 1. The van der Waals surface area contributed by atoms with Crippen molar-refractivity contribution in [3.05, 3.63) is 41.1 Å². The van der Waals surface area contributed by atoms with Gasteiger partial charge in [-0.1, -0.05) is 31.5 Å². The highest BCUT2D eigenvalue weighted by atomic mass is 16.4. The molecule has 0 saturated carbocycles. The van der Waals surface area contributed by atoms with Crippen molar-refractivity contribution in [3.63, 3.8) is 0 Å². The van der Waals surface area contributed by atoms with Crippen LogP contribution in [-0.4, -0.2) is 16.1 Å². The number of carboxylic acids is 1. The summed E-state index contributed by atoms with van der Waals surface area (Å²) in [5, 5.41) is 10.3. The lowest BCUT2D eigenvalue weighted by Crippen LogP contribution is -2.08. The van der Waals surface area contributed by atoms with Gasteiger partial charge in [-0.15, -0.1) is 0 Å². The molecular formula is C15H17NO2. The molecule has 0 amide bonds. The monoisotopic (exact) mass is 243 g/mol. The van der Waals surface area contributed by atoms with Gasteiger partial charge in [0.2, 0.25) is 0 Å². The van der Waals surface area contributed by atoms with Crippen molar-refractivity contribution in [1.82, 2.24) is 4.98 Å². The highest BCUT2D eigenvalue weighted by Crippen LogP contribution is 2.23. The second kappa shape index (κ2) is 5.17. The molecule has 0 saturated heterocycles. The van der Waals surface area contributed by atoms with Crippen LogP contribution in [0.1, 0.15) is 41.4 Å². The van der Waals surface area contributed by atoms with Gasteiger partial charge < -0.3 is 5.11 Å². The number of carbonyl (C=O) groups is 1. The second-order valence-electron chi connectivity index (χ2n) is 4.48. The first kappa shape index (κ1) is 12.6. The Kier molecular flexibility index (Phi) is 3.60. The number of benzene rings is 1. The minimum Gasteiger partial charge on any atom is -0.478 e. The molecule has 0 unspecified atom stereocenters. The largest absolute Gasteiger partial charge is 0.478 e. The Morgan fingerprint density at radius 2 is 2.06 bits per heavy atom. The number of fused-ring (bicyclic) bond motifs is 1. The summed E-state index contributed by atoms with van der Waals surface area (Å²) in [6, 6.07) is 7.70. The number of para-hydroxylation sites is 1. The van der Waals surface area contributed by atoms with Gasteiger partial charge in [-0.3, -0.25) is 4.98 Å². The number of aromatic nitrogens is 1.